The Hall–Kier alpha value is -2.81. The molecule has 1 aliphatic rings. The summed E-state index contributed by atoms with van der Waals surface area (Å²) in [5, 5.41) is 0. The van der Waals surface area contributed by atoms with Crippen molar-refractivity contribution in [3.8, 4) is 0 Å². The number of carbonyl (C=O) groups excluding carboxylic acids is 1. The van der Waals surface area contributed by atoms with Crippen molar-refractivity contribution < 1.29 is 9.53 Å². The van der Waals surface area contributed by atoms with E-state index in [9.17, 15) is 4.79 Å². The zero-order valence-corrected chi connectivity index (χ0v) is 13.5. The van der Waals surface area contributed by atoms with E-state index >= 15 is 0 Å². The Balaban J connectivity index is 1.87. The van der Waals surface area contributed by atoms with Crippen LogP contribution in [0.3, 0.4) is 0 Å². The summed E-state index contributed by atoms with van der Waals surface area (Å²) in [5.74, 6) is 0.295. The summed E-state index contributed by atoms with van der Waals surface area (Å²) in [6.45, 7) is 2.03. The van der Waals surface area contributed by atoms with Crippen molar-refractivity contribution >= 4 is 23.5 Å². The van der Waals surface area contributed by atoms with Gasteiger partial charge in [0.1, 0.15) is 5.76 Å². The largest absolute Gasteiger partial charge is 0.422 e. The average Bonchev–Trinajstić information content (AvgIpc) is 2.89. The minimum Gasteiger partial charge on any atom is -0.422 e. The molecule has 2 aromatic rings. The standard InChI is InChI=1S/C20H19NO2/c1-14-4-8-16(9-5-14)19-13-17(20(22)23-19)12-15-6-10-18(11-7-15)21(2)3/h4-13H,1-3H3/b17-12-. The summed E-state index contributed by atoms with van der Waals surface area (Å²) in [7, 11) is 4.00. The maximum absolute atomic E-state index is 12.1. The van der Waals surface area contributed by atoms with E-state index < -0.39 is 0 Å². The Morgan fingerprint density at radius 2 is 1.61 bits per heavy atom. The van der Waals surface area contributed by atoms with Crippen molar-refractivity contribution in [1.29, 1.82) is 0 Å². The third-order valence-electron chi connectivity index (χ3n) is 3.79. The molecule has 3 nitrogen and oxygen atoms in total. The number of hydrogen-bond acceptors (Lipinski definition) is 3. The molecule has 0 saturated heterocycles. The third-order valence-corrected chi connectivity index (χ3v) is 3.79. The van der Waals surface area contributed by atoms with Gasteiger partial charge in [0.25, 0.3) is 0 Å². The van der Waals surface area contributed by atoms with Crippen molar-refractivity contribution in [3.05, 3.63) is 76.9 Å². The molecular formula is C20H19NO2. The highest BCUT2D eigenvalue weighted by Crippen LogP contribution is 2.27. The van der Waals surface area contributed by atoms with Crippen LogP contribution >= 0.6 is 0 Å². The zero-order valence-electron chi connectivity index (χ0n) is 13.5. The molecule has 0 spiro atoms. The minimum absolute atomic E-state index is 0.308. The van der Waals surface area contributed by atoms with Crippen LogP contribution in [0.4, 0.5) is 5.69 Å². The Labute approximate surface area is 136 Å². The summed E-state index contributed by atoms with van der Waals surface area (Å²) in [5.41, 5.74) is 4.75. The SMILES string of the molecule is Cc1ccc(C2=C/C(=C/c3ccc(N(C)C)cc3)C(=O)O2)cc1. The second kappa shape index (κ2) is 6.13. The van der Waals surface area contributed by atoms with Crippen LogP contribution in [0, 0.1) is 6.92 Å². The highest BCUT2D eigenvalue weighted by atomic mass is 16.5. The molecule has 0 N–H and O–H groups in total. The molecule has 116 valence electrons. The van der Waals surface area contributed by atoms with Gasteiger partial charge in [-0.2, -0.15) is 0 Å². The van der Waals surface area contributed by atoms with Crippen LogP contribution < -0.4 is 4.90 Å². The molecule has 3 heteroatoms. The van der Waals surface area contributed by atoms with Gasteiger partial charge in [-0.15, -0.1) is 0 Å². The van der Waals surface area contributed by atoms with Gasteiger partial charge in [0.2, 0.25) is 0 Å². The zero-order chi connectivity index (χ0) is 16.4. The van der Waals surface area contributed by atoms with Crippen LogP contribution in [0.2, 0.25) is 0 Å². The summed E-state index contributed by atoms with van der Waals surface area (Å²) >= 11 is 0. The van der Waals surface area contributed by atoms with Gasteiger partial charge in [0, 0.05) is 25.3 Å². The van der Waals surface area contributed by atoms with E-state index in [0.29, 0.717) is 11.3 Å². The van der Waals surface area contributed by atoms with E-state index in [-0.39, 0.29) is 5.97 Å². The third kappa shape index (κ3) is 3.34. The van der Waals surface area contributed by atoms with Crippen LogP contribution in [0.25, 0.3) is 11.8 Å². The van der Waals surface area contributed by atoms with E-state index in [4.69, 9.17) is 4.74 Å². The second-order valence-electron chi connectivity index (χ2n) is 5.85. The van der Waals surface area contributed by atoms with E-state index in [1.807, 2.05) is 80.5 Å². The molecule has 3 rings (SSSR count). The molecule has 1 aliphatic heterocycles. The number of nitrogens with zero attached hydrogens (tertiary/aromatic N) is 1. The lowest BCUT2D eigenvalue weighted by Gasteiger charge is -2.11. The first-order chi connectivity index (χ1) is 11.0. The van der Waals surface area contributed by atoms with Crippen molar-refractivity contribution in [2.75, 3.05) is 19.0 Å². The second-order valence-corrected chi connectivity index (χ2v) is 5.85. The average molecular weight is 305 g/mol. The maximum Gasteiger partial charge on any atom is 0.343 e. The fourth-order valence-electron chi connectivity index (χ4n) is 2.40. The molecule has 0 bridgehead atoms. The van der Waals surface area contributed by atoms with Crippen LogP contribution in [-0.4, -0.2) is 20.1 Å². The van der Waals surface area contributed by atoms with Crippen molar-refractivity contribution in [2.24, 2.45) is 0 Å². The van der Waals surface area contributed by atoms with Crippen molar-refractivity contribution in [3.63, 3.8) is 0 Å². The molecule has 0 atom stereocenters. The Morgan fingerprint density at radius 1 is 0.957 bits per heavy atom. The summed E-state index contributed by atoms with van der Waals surface area (Å²) < 4.78 is 5.38. The number of ether oxygens (including phenoxy) is 1. The first kappa shape index (κ1) is 15.1. The first-order valence-electron chi connectivity index (χ1n) is 7.53. The fourth-order valence-corrected chi connectivity index (χ4v) is 2.40. The fraction of sp³-hybridized carbons (Fsp3) is 0.150. The molecule has 0 saturated carbocycles. The molecular weight excluding hydrogens is 286 g/mol. The number of cyclic esters (lactones) is 1. The normalized spacial score (nSPS) is 15.5. The number of carbonyl (C=O) groups is 1. The molecule has 0 radical (unpaired) electrons. The van der Waals surface area contributed by atoms with E-state index in [1.165, 1.54) is 5.56 Å². The monoisotopic (exact) mass is 305 g/mol. The van der Waals surface area contributed by atoms with Crippen LogP contribution in [0.5, 0.6) is 0 Å². The van der Waals surface area contributed by atoms with Gasteiger partial charge in [-0.1, -0.05) is 42.0 Å². The lowest BCUT2D eigenvalue weighted by molar-refractivity contribution is -0.130. The maximum atomic E-state index is 12.1. The van der Waals surface area contributed by atoms with Gasteiger partial charge in [0.15, 0.2) is 0 Å². The summed E-state index contributed by atoms with van der Waals surface area (Å²) in [6.07, 6.45) is 3.65. The first-order valence-corrected chi connectivity index (χ1v) is 7.53. The molecule has 23 heavy (non-hydrogen) atoms. The predicted octanol–water partition coefficient (Wildman–Crippen LogP) is 4.04. The number of anilines is 1. The number of hydrogen-bond donors (Lipinski definition) is 0. The Bertz CT molecular complexity index is 781. The van der Waals surface area contributed by atoms with Gasteiger partial charge in [0.05, 0.1) is 5.57 Å². The van der Waals surface area contributed by atoms with Gasteiger partial charge in [-0.05, 0) is 36.8 Å². The molecule has 1 heterocycles. The topological polar surface area (TPSA) is 29.5 Å². The number of esters is 1. The highest BCUT2D eigenvalue weighted by molar-refractivity contribution is 6.05. The van der Waals surface area contributed by atoms with Crippen LogP contribution in [0.1, 0.15) is 16.7 Å². The van der Waals surface area contributed by atoms with Gasteiger partial charge in [-0.3, -0.25) is 0 Å². The summed E-state index contributed by atoms with van der Waals surface area (Å²) in [4.78, 5) is 14.1. The van der Waals surface area contributed by atoms with E-state index in [2.05, 4.69) is 0 Å². The molecule has 0 aromatic heterocycles. The van der Waals surface area contributed by atoms with Crippen LogP contribution in [-0.2, 0) is 9.53 Å². The Morgan fingerprint density at radius 3 is 2.22 bits per heavy atom. The lowest BCUT2D eigenvalue weighted by Crippen LogP contribution is -2.07. The molecule has 0 fully saturated rings. The minimum atomic E-state index is -0.308. The Kier molecular flexibility index (Phi) is 4.02. The number of aryl methyl sites for hydroxylation is 1. The summed E-state index contributed by atoms with van der Waals surface area (Å²) in [6, 6.07) is 16.0. The van der Waals surface area contributed by atoms with Gasteiger partial charge >= 0.3 is 5.97 Å². The van der Waals surface area contributed by atoms with Crippen molar-refractivity contribution in [2.45, 2.75) is 6.92 Å². The van der Waals surface area contributed by atoms with E-state index in [0.717, 1.165) is 16.8 Å². The van der Waals surface area contributed by atoms with E-state index in [1.54, 1.807) is 6.08 Å². The highest BCUT2D eigenvalue weighted by Gasteiger charge is 2.21. The van der Waals surface area contributed by atoms with Gasteiger partial charge in [-0.25, -0.2) is 4.79 Å². The predicted molar refractivity (Wildman–Crippen MR) is 94.0 cm³/mol. The molecule has 0 aliphatic carbocycles. The molecule has 2 aromatic carbocycles. The van der Waals surface area contributed by atoms with Crippen LogP contribution in [0.15, 0.2) is 60.2 Å². The number of rotatable bonds is 3. The number of benzene rings is 2. The molecule has 0 amide bonds. The quantitative estimate of drug-likeness (QED) is 0.633. The van der Waals surface area contributed by atoms with Gasteiger partial charge < -0.3 is 9.64 Å². The molecule has 0 unspecified atom stereocenters. The lowest BCUT2D eigenvalue weighted by atomic mass is 10.1. The van der Waals surface area contributed by atoms with Crippen molar-refractivity contribution in [1.82, 2.24) is 0 Å². The smallest absolute Gasteiger partial charge is 0.343 e.